The number of likely N-dealkylation sites (tertiary alicyclic amines) is 1. The van der Waals surface area contributed by atoms with Crippen LogP contribution in [-0.4, -0.2) is 74.7 Å². The van der Waals surface area contributed by atoms with Crippen molar-refractivity contribution in [3.05, 3.63) is 48.2 Å². The molecule has 2 fully saturated rings. The van der Waals surface area contributed by atoms with Gasteiger partial charge >= 0.3 is 12.1 Å². The zero-order valence-corrected chi connectivity index (χ0v) is 21.2. The molecule has 2 aliphatic rings. The normalized spacial score (nSPS) is 18.3. The molecule has 37 heavy (non-hydrogen) atoms. The first kappa shape index (κ1) is 24.9. The Bertz CT molecular complexity index is 1310. The number of imidazole rings is 1. The first-order valence-corrected chi connectivity index (χ1v) is 12.5. The number of nitrogens with zero attached hydrogens (tertiary/aromatic N) is 5. The van der Waals surface area contributed by atoms with Gasteiger partial charge in [0.15, 0.2) is 0 Å². The summed E-state index contributed by atoms with van der Waals surface area (Å²) in [6.07, 6.45) is 4.94. The third-order valence-corrected chi connectivity index (χ3v) is 6.39. The molecule has 3 aromatic rings. The van der Waals surface area contributed by atoms with Gasteiger partial charge in [-0.15, -0.1) is 0 Å². The molecular weight excluding hydrogens is 479 g/mol. The molecule has 0 saturated carbocycles. The zero-order chi connectivity index (χ0) is 26.2. The van der Waals surface area contributed by atoms with Crippen molar-refractivity contribution in [3.8, 4) is 11.3 Å². The van der Waals surface area contributed by atoms with Gasteiger partial charge in [-0.1, -0.05) is 0 Å². The van der Waals surface area contributed by atoms with Gasteiger partial charge in [0.2, 0.25) is 5.78 Å². The molecule has 2 aromatic heterocycles. The number of hydrogen-bond acceptors (Lipinski definition) is 6. The first-order valence-electron chi connectivity index (χ1n) is 12.5. The topological polar surface area (TPSA) is 101 Å². The quantitative estimate of drug-likeness (QED) is 0.558. The van der Waals surface area contributed by atoms with Crippen molar-refractivity contribution in [3.63, 3.8) is 0 Å². The second kappa shape index (κ2) is 9.97. The lowest BCUT2D eigenvalue weighted by molar-refractivity contribution is -0.0342. The second-order valence-electron chi connectivity index (χ2n) is 10.2. The fourth-order valence-corrected chi connectivity index (χ4v) is 4.60. The van der Waals surface area contributed by atoms with Crippen LogP contribution in [0.1, 0.15) is 45.3 Å². The monoisotopic (exact) mass is 510 g/mol. The number of urea groups is 1. The number of fused-ring (bicyclic) bond motifs is 1. The van der Waals surface area contributed by atoms with E-state index in [1.54, 1.807) is 38.7 Å². The molecule has 3 amide bonds. The molecule has 2 saturated heterocycles. The van der Waals surface area contributed by atoms with Crippen LogP contribution in [0, 0.1) is 5.82 Å². The second-order valence-corrected chi connectivity index (χ2v) is 10.2. The van der Waals surface area contributed by atoms with Crippen LogP contribution in [-0.2, 0) is 9.47 Å². The highest BCUT2D eigenvalue weighted by atomic mass is 19.1. The molecule has 2 aliphatic heterocycles. The number of carbonyl (C=O) groups is 2. The van der Waals surface area contributed by atoms with E-state index >= 15 is 0 Å². The third-order valence-electron chi connectivity index (χ3n) is 6.39. The number of ether oxygens (including phenoxy) is 2. The number of morpholine rings is 1. The number of hydrogen-bond donors (Lipinski definition) is 1. The Hall–Kier alpha value is -3.73. The van der Waals surface area contributed by atoms with Gasteiger partial charge in [-0.2, -0.15) is 0 Å². The Morgan fingerprint density at radius 2 is 1.95 bits per heavy atom. The fraction of sp³-hybridized carbons (Fsp3) is 0.462. The minimum Gasteiger partial charge on any atom is -0.444 e. The summed E-state index contributed by atoms with van der Waals surface area (Å²) in [6.45, 7) is 8.01. The van der Waals surface area contributed by atoms with Crippen molar-refractivity contribution in [2.45, 2.75) is 45.3 Å². The van der Waals surface area contributed by atoms with Crippen LogP contribution in [0.2, 0.25) is 0 Å². The van der Waals surface area contributed by atoms with Crippen LogP contribution in [0.3, 0.4) is 0 Å². The number of anilines is 1. The maximum Gasteiger partial charge on any atom is 0.411 e. The minimum absolute atomic E-state index is 0.194. The lowest BCUT2D eigenvalue weighted by atomic mass is 10.1. The molecule has 5 rings (SSSR count). The molecule has 11 heteroatoms. The standard InChI is InChI=1S/C26H31FN6O4/c1-26(2,3)37-25(35)33-12-13-36-16-22(33)21-15-28-23-30-20(8-11-32(21)23)18-14-17(6-7-19(18)27)29-24(34)31-9-4-5-10-31/h6-8,11,14-15,22H,4-5,9-10,12-13,16H2,1-3H3,(H,29,34). The van der Waals surface area contributed by atoms with E-state index in [0.717, 1.165) is 25.9 Å². The average molecular weight is 511 g/mol. The number of rotatable bonds is 3. The van der Waals surface area contributed by atoms with E-state index in [2.05, 4.69) is 15.3 Å². The van der Waals surface area contributed by atoms with Gasteiger partial charge in [0.25, 0.3) is 0 Å². The number of carbonyl (C=O) groups excluding carboxylic acids is 2. The Morgan fingerprint density at radius 1 is 1.16 bits per heavy atom. The van der Waals surface area contributed by atoms with Crippen LogP contribution >= 0.6 is 0 Å². The molecule has 0 spiro atoms. The van der Waals surface area contributed by atoms with E-state index in [0.29, 0.717) is 42.6 Å². The number of nitrogens with one attached hydrogen (secondary N) is 1. The SMILES string of the molecule is CC(C)(C)OC(=O)N1CCOCC1c1cnc2nc(-c3cc(NC(=O)N4CCCC4)ccc3F)ccn12. The highest BCUT2D eigenvalue weighted by molar-refractivity contribution is 5.90. The van der Waals surface area contributed by atoms with E-state index in [4.69, 9.17) is 9.47 Å². The molecule has 10 nitrogen and oxygen atoms in total. The van der Waals surface area contributed by atoms with Crippen LogP contribution in [0.4, 0.5) is 19.7 Å². The summed E-state index contributed by atoms with van der Waals surface area (Å²) in [5, 5.41) is 2.85. The van der Waals surface area contributed by atoms with Crippen LogP contribution in [0.15, 0.2) is 36.7 Å². The van der Waals surface area contributed by atoms with Gasteiger partial charge in [0.05, 0.1) is 30.8 Å². The van der Waals surface area contributed by atoms with Crippen molar-refractivity contribution in [2.75, 3.05) is 38.2 Å². The fourth-order valence-electron chi connectivity index (χ4n) is 4.60. The van der Waals surface area contributed by atoms with Crippen molar-refractivity contribution in [1.29, 1.82) is 0 Å². The maximum atomic E-state index is 14.8. The third kappa shape index (κ3) is 5.36. The summed E-state index contributed by atoms with van der Waals surface area (Å²) in [4.78, 5) is 37.7. The lowest BCUT2D eigenvalue weighted by Crippen LogP contribution is -2.46. The summed E-state index contributed by atoms with van der Waals surface area (Å²) in [7, 11) is 0. The van der Waals surface area contributed by atoms with E-state index in [1.165, 1.54) is 12.1 Å². The van der Waals surface area contributed by atoms with Crippen LogP contribution in [0.5, 0.6) is 0 Å². The summed E-state index contributed by atoms with van der Waals surface area (Å²) in [5.74, 6) is -0.104. The molecule has 1 atom stereocenters. The van der Waals surface area contributed by atoms with Crippen molar-refractivity contribution < 1.29 is 23.5 Å². The molecule has 1 N–H and O–H groups in total. The summed E-state index contributed by atoms with van der Waals surface area (Å²) in [6, 6.07) is 5.51. The predicted molar refractivity (Wildman–Crippen MR) is 135 cm³/mol. The Morgan fingerprint density at radius 3 is 2.70 bits per heavy atom. The largest absolute Gasteiger partial charge is 0.444 e. The molecule has 0 bridgehead atoms. The van der Waals surface area contributed by atoms with Crippen LogP contribution < -0.4 is 5.32 Å². The molecule has 1 unspecified atom stereocenters. The molecule has 4 heterocycles. The Balaban J connectivity index is 1.41. The highest BCUT2D eigenvalue weighted by Gasteiger charge is 2.34. The number of benzene rings is 1. The maximum absolute atomic E-state index is 14.8. The van der Waals surface area contributed by atoms with Gasteiger partial charge in [0.1, 0.15) is 17.5 Å². The summed E-state index contributed by atoms with van der Waals surface area (Å²) in [5.41, 5.74) is 1.21. The average Bonchev–Trinajstić information content (AvgIpc) is 3.54. The number of halogens is 1. The van der Waals surface area contributed by atoms with Gasteiger partial charge in [-0.05, 0) is 57.9 Å². The lowest BCUT2D eigenvalue weighted by Gasteiger charge is -2.36. The zero-order valence-electron chi connectivity index (χ0n) is 21.2. The molecule has 196 valence electrons. The first-order chi connectivity index (χ1) is 17.7. The Kier molecular flexibility index (Phi) is 6.72. The molecule has 0 radical (unpaired) electrons. The van der Waals surface area contributed by atoms with E-state index in [-0.39, 0.29) is 11.6 Å². The molecule has 0 aliphatic carbocycles. The van der Waals surface area contributed by atoms with Crippen molar-refractivity contribution in [1.82, 2.24) is 24.2 Å². The number of aromatic nitrogens is 3. The van der Waals surface area contributed by atoms with Crippen molar-refractivity contribution in [2.24, 2.45) is 0 Å². The summed E-state index contributed by atoms with van der Waals surface area (Å²) < 4.78 is 27.8. The summed E-state index contributed by atoms with van der Waals surface area (Å²) >= 11 is 0. The molecule has 1 aromatic carbocycles. The van der Waals surface area contributed by atoms with Crippen molar-refractivity contribution >= 4 is 23.6 Å². The van der Waals surface area contributed by atoms with Gasteiger partial charge < -0.3 is 19.7 Å². The predicted octanol–water partition coefficient (Wildman–Crippen LogP) is 4.47. The smallest absolute Gasteiger partial charge is 0.411 e. The van der Waals surface area contributed by atoms with E-state index < -0.39 is 23.6 Å². The Labute approximate surface area is 214 Å². The number of amides is 3. The van der Waals surface area contributed by atoms with E-state index in [9.17, 15) is 14.0 Å². The minimum atomic E-state index is -0.623. The van der Waals surface area contributed by atoms with Crippen LogP contribution in [0.25, 0.3) is 17.0 Å². The molecular formula is C26H31FN6O4. The van der Waals surface area contributed by atoms with Gasteiger partial charge in [0, 0.05) is 37.1 Å². The highest BCUT2D eigenvalue weighted by Crippen LogP contribution is 2.29. The van der Waals surface area contributed by atoms with Gasteiger partial charge in [-0.25, -0.2) is 23.9 Å². The van der Waals surface area contributed by atoms with E-state index in [1.807, 2.05) is 20.8 Å². The van der Waals surface area contributed by atoms with Gasteiger partial charge in [-0.3, -0.25) is 9.30 Å².